The van der Waals surface area contributed by atoms with Crippen LogP contribution >= 0.6 is 0 Å². The van der Waals surface area contributed by atoms with Crippen molar-refractivity contribution in [1.29, 1.82) is 0 Å². The number of carbonyl (C=O) groups excluding carboxylic acids is 2. The van der Waals surface area contributed by atoms with Gasteiger partial charge in [0.05, 0.1) is 18.6 Å². The van der Waals surface area contributed by atoms with Crippen molar-refractivity contribution >= 4 is 18.3 Å². The third kappa shape index (κ3) is 2.94. The first-order valence-corrected chi connectivity index (χ1v) is 3.62. The molecule has 0 fully saturated rings. The molecule has 1 aliphatic heterocycles. The van der Waals surface area contributed by atoms with Gasteiger partial charge in [0.2, 0.25) is 0 Å². The third-order valence-corrected chi connectivity index (χ3v) is 1.27. The van der Waals surface area contributed by atoms with Crippen LogP contribution in [0.5, 0.6) is 0 Å². The summed E-state index contributed by atoms with van der Waals surface area (Å²) >= 11 is 0. The Bertz CT molecular complexity index is 272. The molecule has 0 aromatic rings. The summed E-state index contributed by atoms with van der Waals surface area (Å²) in [7, 11) is 0. The van der Waals surface area contributed by atoms with Crippen molar-refractivity contribution < 1.29 is 14.3 Å². The molecule has 0 bridgehead atoms. The van der Waals surface area contributed by atoms with Crippen LogP contribution in [-0.2, 0) is 9.53 Å². The molecule has 0 aromatic carbocycles. The number of ether oxygens (including phenoxy) is 1. The van der Waals surface area contributed by atoms with E-state index in [-0.39, 0.29) is 12.3 Å². The van der Waals surface area contributed by atoms with Crippen LogP contribution in [0.3, 0.4) is 0 Å². The monoisotopic (exact) mass is 183 g/mol. The fourth-order valence-electron chi connectivity index (χ4n) is 0.649. The number of rotatable bonds is 0. The largest absolute Gasteiger partial charge is 0.447 e. The fourth-order valence-corrected chi connectivity index (χ4v) is 0.649. The van der Waals surface area contributed by atoms with Crippen LogP contribution < -0.4 is 10.6 Å². The van der Waals surface area contributed by atoms with Gasteiger partial charge in [-0.25, -0.2) is 4.79 Å². The van der Waals surface area contributed by atoms with E-state index >= 15 is 0 Å². The molecule has 6 nitrogen and oxygen atoms in total. The minimum atomic E-state index is -0.787. The van der Waals surface area contributed by atoms with Crippen molar-refractivity contribution in [2.45, 2.75) is 0 Å². The number of alkyl carbamates (subject to hydrolysis) is 1. The Hall–Kier alpha value is -1.85. The van der Waals surface area contributed by atoms with Gasteiger partial charge >= 0.3 is 6.09 Å². The van der Waals surface area contributed by atoms with Crippen molar-refractivity contribution in [2.75, 3.05) is 13.2 Å². The van der Waals surface area contributed by atoms with E-state index in [2.05, 4.69) is 21.6 Å². The lowest BCUT2D eigenvalue weighted by Crippen LogP contribution is -2.36. The molecule has 0 aliphatic carbocycles. The molecule has 2 N–H and O–H groups in total. The Balaban J connectivity index is 2.64. The van der Waals surface area contributed by atoms with Gasteiger partial charge in [-0.2, -0.15) is 0 Å². The Morgan fingerprint density at radius 3 is 3.08 bits per heavy atom. The van der Waals surface area contributed by atoms with Gasteiger partial charge in [0.25, 0.3) is 5.91 Å². The zero-order chi connectivity index (χ0) is 9.68. The molecule has 0 unspecified atom stereocenters. The predicted octanol–water partition coefficient (Wildman–Crippen LogP) is -0.616. The Labute approximate surface area is 74.7 Å². The summed E-state index contributed by atoms with van der Waals surface area (Å²) in [5.74, 6) is -0.627. The number of aliphatic imine (C=N–C) groups is 1. The third-order valence-electron chi connectivity index (χ3n) is 1.27. The summed E-state index contributed by atoms with van der Waals surface area (Å²) in [6, 6.07) is 0. The number of imide groups is 1. The maximum absolute atomic E-state index is 11.0. The van der Waals surface area contributed by atoms with Crippen molar-refractivity contribution in [3.63, 3.8) is 0 Å². The lowest BCUT2D eigenvalue weighted by molar-refractivity contribution is -0.117. The van der Waals surface area contributed by atoms with Crippen LogP contribution in [0.1, 0.15) is 0 Å². The van der Waals surface area contributed by atoms with Crippen LogP contribution in [-0.4, -0.2) is 31.5 Å². The van der Waals surface area contributed by atoms with Crippen molar-refractivity contribution in [3.05, 3.63) is 12.3 Å². The molecular formula is C7H9N3O3. The average Bonchev–Trinajstić information content (AvgIpc) is 2.09. The van der Waals surface area contributed by atoms with E-state index in [1.807, 2.05) is 5.32 Å². The van der Waals surface area contributed by atoms with E-state index in [1.165, 1.54) is 6.34 Å². The van der Waals surface area contributed by atoms with Gasteiger partial charge in [-0.05, 0) is 0 Å². The second-order valence-electron chi connectivity index (χ2n) is 2.25. The van der Waals surface area contributed by atoms with Gasteiger partial charge < -0.3 is 10.1 Å². The maximum Gasteiger partial charge on any atom is 0.414 e. The first-order valence-electron chi connectivity index (χ1n) is 3.62. The molecule has 13 heavy (non-hydrogen) atoms. The van der Waals surface area contributed by atoms with Crippen molar-refractivity contribution in [2.24, 2.45) is 4.99 Å². The van der Waals surface area contributed by atoms with Gasteiger partial charge in [0, 0.05) is 0 Å². The van der Waals surface area contributed by atoms with E-state index in [9.17, 15) is 9.59 Å². The Morgan fingerprint density at radius 1 is 1.54 bits per heavy atom. The number of cyclic esters (lactones) is 1. The normalized spacial score (nSPS) is 18.6. The van der Waals surface area contributed by atoms with Crippen LogP contribution in [0.2, 0.25) is 0 Å². The lowest BCUT2D eigenvalue weighted by atomic mass is 10.4. The summed E-state index contributed by atoms with van der Waals surface area (Å²) in [4.78, 5) is 25.6. The molecule has 0 radical (unpaired) electrons. The summed E-state index contributed by atoms with van der Waals surface area (Å²) in [5.41, 5.74) is 0.0441. The standard InChI is InChI=1S/C7H9N3O3/c1-5-6(11)10-7(12)13-3-2-8-4-9-5/h4H,1-3H2,(H,8,9)(H,10,11,12). The molecule has 0 atom stereocenters. The molecule has 2 amide bonds. The average molecular weight is 183 g/mol. The summed E-state index contributed by atoms with van der Waals surface area (Å²) < 4.78 is 4.58. The quantitative estimate of drug-likeness (QED) is 0.491. The number of carbonyl (C=O) groups is 2. The smallest absolute Gasteiger partial charge is 0.414 e. The number of hydrogen-bond donors (Lipinski definition) is 2. The number of hydrogen-bond acceptors (Lipinski definition) is 5. The number of amides is 2. The first kappa shape index (κ1) is 9.24. The molecular weight excluding hydrogens is 174 g/mol. The number of nitrogens with zero attached hydrogens (tertiary/aromatic N) is 1. The van der Waals surface area contributed by atoms with E-state index in [0.717, 1.165) is 0 Å². The van der Waals surface area contributed by atoms with Gasteiger partial charge in [-0.1, -0.05) is 6.58 Å². The molecule has 6 heteroatoms. The minimum Gasteiger partial charge on any atom is -0.447 e. The van der Waals surface area contributed by atoms with Crippen LogP contribution in [0.4, 0.5) is 4.79 Å². The fraction of sp³-hybridized carbons (Fsp3) is 0.286. The molecule has 1 aliphatic rings. The molecule has 0 saturated carbocycles. The SMILES string of the molecule is C=C1NC=NCCOC(=O)NC1=O. The second kappa shape index (κ2) is 4.24. The zero-order valence-electron chi connectivity index (χ0n) is 6.87. The highest BCUT2D eigenvalue weighted by Crippen LogP contribution is 1.87. The summed E-state index contributed by atoms with van der Waals surface area (Å²) in [5, 5.41) is 4.49. The Morgan fingerprint density at radius 2 is 2.31 bits per heavy atom. The first-order chi connectivity index (χ1) is 6.20. The van der Waals surface area contributed by atoms with Crippen LogP contribution in [0, 0.1) is 0 Å². The van der Waals surface area contributed by atoms with Crippen molar-refractivity contribution in [3.8, 4) is 0 Å². The Kier molecular flexibility index (Phi) is 3.02. The van der Waals surface area contributed by atoms with Crippen LogP contribution in [0.25, 0.3) is 0 Å². The topological polar surface area (TPSA) is 79.8 Å². The molecule has 1 rings (SSSR count). The van der Waals surface area contributed by atoms with Gasteiger partial charge in [0.15, 0.2) is 0 Å². The predicted molar refractivity (Wildman–Crippen MR) is 45.1 cm³/mol. The lowest BCUT2D eigenvalue weighted by Gasteiger charge is -2.08. The van der Waals surface area contributed by atoms with E-state index in [0.29, 0.717) is 6.54 Å². The van der Waals surface area contributed by atoms with Gasteiger partial charge in [-0.3, -0.25) is 15.1 Å². The second-order valence-corrected chi connectivity index (χ2v) is 2.25. The molecule has 0 saturated heterocycles. The molecule has 70 valence electrons. The molecule has 0 aromatic heterocycles. The van der Waals surface area contributed by atoms with E-state index in [1.54, 1.807) is 0 Å². The van der Waals surface area contributed by atoms with Gasteiger partial charge in [-0.15, -0.1) is 0 Å². The summed E-state index contributed by atoms with van der Waals surface area (Å²) in [6.07, 6.45) is 0.547. The minimum absolute atomic E-state index is 0.0441. The zero-order valence-corrected chi connectivity index (χ0v) is 6.87. The van der Waals surface area contributed by atoms with E-state index < -0.39 is 12.0 Å². The summed E-state index contributed by atoms with van der Waals surface area (Å²) in [6.45, 7) is 3.87. The number of nitrogens with one attached hydrogen (secondary N) is 2. The highest BCUT2D eigenvalue weighted by Gasteiger charge is 2.11. The van der Waals surface area contributed by atoms with Crippen molar-refractivity contribution in [1.82, 2.24) is 10.6 Å². The van der Waals surface area contributed by atoms with Gasteiger partial charge in [0.1, 0.15) is 6.61 Å². The van der Waals surface area contributed by atoms with E-state index in [4.69, 9.17) is 0 Å². The van der Waals surface area contributed by atoms with Crippen LogP contribution in [0.15, 0.2) is 17.3 Å². The molecule has 0 spiro atoms. The molecule has 1 heterocycles. The highest BCUT2D eigenvalue weighted by molar-refractivity contribution is 6.02. The maximum atomic E-state index is 11.0. The highest BCUT2D eigenvalue weighted by atomic mass is 16.5.